The number of aromatic nitrogens is 2. The molecule has 25 heavy (non-hydrogen) atoms. The minimum Gasteiger partial charge on any atom is -0.481 e. The van der Waals surface area contributed by atoms with E-state index in [9.17, 15) is 9.59 Å². The third-order valence-electron chi connectivity index (χ3n) is 4.16. The Morgan fingerprint density at radius 3 is 2.88 bits per heavy atom. The topological polar surface area (TPSA) is 84.4 Å². The van der Waals surface area contributed by atoms with Gasteiger partial charge in [-0.25, -0.2) is 4.98 Å². The highest BCUT2D eigenvalue weighted by Gasteiger charge is 2.34. The fraction of sp³-hybridized carbons (Fsp3) is 0.333. The molecule has 1 aliphatic rings. The van der Waals surface area contributed by atoms with Crippen molar-refractivity contribution in [3.8, 4) is 5.88 Å². The summed E-state index contributed by atoms with van der Waals surface area (Å²) in [6, 6.07) is 9.22. The van der Waals surface area contributed by atoms with Crippen LogP contribution < -0.4 is 10.1 Å². The van der Waals surface area contributed by atoms with Crippen molar-refractivity contribution in [3.63, 3.8) is 0 Å². The maximum Gasteiger partial charge on any atom is 0.225 e. The molecule has 0 aromatic carbocycles. The van der Waals surface area contributed by atoms with Gasteiger partial charge in [0.05, 0.1) is 25.3 Å². The number of rotatable bonds is 6. The molecular formula is C18H20N4O3. The van der Waals surface area contributed by atoms with Gasteiger partial charge < -0.3 is 15.0 Å². The van der Waals surface area contributed by atoms with Crippen LogP contribution in [-0.4, -0.2) is 40.3 Å². The maximum atomic E-state index is 12.4. The van der Waals surface area contributed by atoms with Crippen molar-refractivity contribution >= 4 is 11.8 Å². The predicted octanol–water partition coefficient (Wildman–Crippen LogP) is 1.15. The lowest BCUT2D eigenvalue weighted by Crippen LogP contribution is -2.32. The van der Waals surface area contributed by atoms with E-state index < -0.39 is 0 Å². The molecule has 2 amide bonds. The van der Waals surface area contributed by atoms with E-state index in [4.69, 9.17) is 4.74 Å². The SMILES string of the molecule is COc1ncccc1CNC(=O)C1CC(=O)N(Cc2ccccn2)C1. The highest BCUT2D eigenvalue weighted by Crippen LogP contribution is 2.20. The number of amides is 2. The Kier molecular flexibility index (Phi) is 5.23. The zero-order chi connectivity index (χ0) is 17.6. The van der Waals surface area contributed by atoms with Gasteiger partial charge in [0.15, 0.2) is 0 Å². The van der Waals surface area contributed by atoms with Crippen LogP contribution in [-0.2, 0) is 22.7 Å². The molecule has 3 heterocycles. The van der Waals surface area contributed by atoms with E-state index >= 15 is 0 Å². The zero-order valence-electron chi connectivity index (χ0n) is 14.0. The average molecular weight is 340 g/mol. The Morgan fingerprint density at radius 2 is 2.12 bits per heavy atom. The molecule has 3 rings (SSSR count). The maximum absolute atomic E-state index is 12.4. The van der Waals surface area contributed by atoms with Crippen LogP contribution in [0.1, 0.15) is 17.7 Å². The molecular weight excluding hydrogens is 320 g/mol. The summed E-state index contributed by atoms with van der Waals surface area (Å²) in [5.74, 6) is -0.0199. The lowest BCUT2D eigenvalue weighted by Gasteiger charge is -2.16. The Morgan fingerprint density at radius 1 is 1.28 bits per heavy atom. The van der Waals surface area contributed by atoms with Crippen LogP contribution in [0, 0.1) is 5.92 Å². The van der Waals surface area contributed by atoms with Crippen molar-refractivity contribution in [3.05, 3.63) is 54.0 Å². The molecule has 0 spiro atoms. The van der Waals surface area contributed by atoms with Gasteiger partial charge in [-0.3, -0.25) is 14.6 Å². The third-order valence-corrected chi connectivity index (χ3v) is 4.16. The fourth-order valence-corrected chi connectivity index (χ4v) is 2.86. The van der Waals surface area contributed by atoms with Crippen molar-refractivity contribution in [2.45, 2.75) is 19.5 Å². The molecule has 7 nitrogen and oxygen atoms in total. The molecule has 1 unspecified atom stereocenters. The number of nitrogens with zero attached hydrogens (tertiary/aromatic N) is 3. The predicted molar refractivity (Wildman–Crippen MR) is 90.4 cm³/mol. The van der Waals surface area contributed by atoms with Crippen molar-refractivity contribution in [1.29, 1.82) is 0 Å². The van der Waals surface area contributed by atoms with E-state index in [1.807, 2.05) is 24.3 Å². The van der Waals surface area contributed by atoms with Gasteiger partial charge in [-0.05, 0) is 18.2 Å². The second kappa shape index (κ2) is 7.74. The first kappa shape index (κ1) is 16.9. The summed E-state index contributed by atoms with van der Waals surface area (Å²) in [5.41, 5.74) is 1.62. The highest BCUT2D eigenvalue weighted by atomic mass is 16.5. The van der Waals surface area contributed by atoms with E-state index in [-0.39, 0.29) is 24.2 Å². The minimum atomic E-state index is -0.348. The van der Waals surface area contributed by atoms with Crippen LogP contribution in [0.2, 0.25) is 0 Å². The molecule has 1 N–H and O–H groups in total. The van der Waals surface area contributed by atoms with E-state index in [0.717, 1.165) is 11.3 Å². The summed E-state index contributed by atoms with van der Waals surface area (Å²) in [6.07, 6.45) is 3.56. The molecule has 1 fully saturated rings. The summed E-state index contributed by atoms with van der Waals surface area (Å²) in [5, 5.41) is 2.87. The molecule has 7 heteroatoms. The summed E-state index contributed by atoms with van der Waals surface area (Å²) in [7, 11) is 1.54. The number of methoxy groups -OCH3 is 1. The Balaban J connectivity index is 1.55. The fourth-order valence-electron chi connectivity index (χ4n) is 2.86. The number of hydrogen-bond acceptors (Lipinski definition) is 5. The number of pyridine rings is 2. The van der Waals surface area contributed by atoms with Crippen LogP contribution in [0.3, 0.4) is 0 Å². The largest absolute Gasteiger partial charge is 0.481 e. The standard InChI is InChI=1S/C18H20N4O3/c1-25-18-13(5-4-8-20-18)10-21-17(24)14-9-16(23)22(11-14)12-15-6-2-3-7-19-15/h2-8,14H,9-12H2,1H3,(H,21,24). The Labute approximate surface area is 146 Å². The molecule has 0 radical (unpaired) electrons. The second-order valence-corrected chi connectivity index (χ2v) is 5.89. The van der Waals surface area contributed by atoms with Crippen molar-refractivity contribution < 1.29 is 14.3 Å². The first-order valence-electron chi connectivity index (χ1n) is 8.10. The van der Waals surface area contributed by atoms with Gasteiger partial charge in [-0.2, -0.15) is 0 Å². The van der Waals surface area contributed by atoms with Crippen LogP contribution in [0.25, 0.3) is 0 Å². The molecule has 0 saturated carbocycles. The van der Waals surface area contributed by atoms with Gasteiger partial charge in [0.2, 0.25) is 17.7 Å². The minimum absolute atomic E-state index is 0.0234. The lowest BCUT2D eigenvalue weighted by atomic mass is 10.1. The monoisotopic (exact) mass is 340 g/mol. The van der Waals surface area contributed by atoms with Gasteiger partial charge >= 0.3 is 0 Å². The molecule has 130 valence electrons. The highest BCUT2D eigenvalue weighted by molar-refractivity contribution is 5.89. The molecule has 1 atom stereocenters. The van der Waals surface area contributed by atoms with Crippen LogP contribution in [0.4, 0.5) is 0 Å². The van der Waals surface area contributed by atoms with E-state index in [1.165, 1.54) is 0 Å². The Hall–Kier alpha value is -2.96. The van der Waals surface area contributed by atoms with Gasteiger partial charge in [0, 0.05) is 37.5 Å². The molecule has 1 aliphatic heterocycles. The average Bonchev–Trinajstić information content (AvgIpc) is 3.01. The molecule has 0 bridgehead atoms. The van der Waals surface area contributed by atoms with Crippen molar-refractivity contribution in [1.82, 2.24) is 20.2 Å². The number of carbonyl (C=O) groups excluding carboxylic acids is 2. The number of carbonyl (C=O) groups is 2. The Bertz CT molecular complexity index is 751. The van der Waals surface area contributed by atoms with E-state index in [0.29, 0.717) is 25.5 Å². The summed E-state index contributed by atoms with van der Waals surface area (Å²) < 4.78 is 5.17. The molecule has 0 aliphatic carbocycles. The van der Waals surface area contributed by atoms with Gasteiger partial charge in [0.1, 0.15) is 0 Å². The van der Waals surface area contributed by atoms with E-state index in [2.05, 4.69) is 15.3 Å². The summed E-state index contributed by atoms with van der Waals surface area (Å²) in [4.78, 5) is 34.6. The summed E-state index contributed by atoms with van der Waals surface area (Å²) in [6.45, 7) is 1.16. The number of likely N-dealkylation sites (tertiary alicyclic amines) is 1. The number of hydrogen-bond donors (Lipinski definition) is 1. The number of ether oxygens (including phenoxy) is 1. The van der Waals surface area contributed by atoms with Crippen molar-refractivity contribution in [2.24, 2.45) is 5.92 Å². The summed E-state index contributed by atoms with van der Waals surface area (Å²) >= 11 is 0. The quantitative estimate of drug-likeness (QED) is 0.853. The van der Waals surface area contributed by atoms with Crippen LogP contribution in [0.5, 0.6) is 5.88 Å². The van der Waals surface area contributed by atoms with Crippen molar-refractivity contribution in [2.75, 3.05) is 13.7 Å². The molecule has 2 aromatic heterocycles. The first-order valence-corrected chi connectivity index (χ1v) is 8.10. The second-order valence-electron chi connectivity index (χ2n) is 5.89. The number of nitrogens with one attached hydrogen (secondary N) is 1. The van der Waals surface area contributed by atoms with Crippen LogP contribution >= 0.6 is 0 Å². The smallest absolute Gasteiger partial charge is 0.225 e. The zero-order valence-corrected chi connectivity index (χ0v) is 14.0. The van der Waals surface area contributed by atoms with Gasteiger partial charge in [-0.1, -0.05) is 12.1 Å². The molecule has 1 saturated heterocycles. The van der Waals surface area contributed by atoms with E-state index in [1.54, 1.807) is 30.5 Å². The molecule has 2 aromatic rings. The third kappa shape index (κ3) is 4.12. The normalized spacial score (nSPS) is 16.8. The van der Waals surface area contributed by atoms with Crippen LogP contribution in [0.15, 0.2) is 42.7 Å². The van der Waals surface area contributed by atoms with Gasteiger partial charge in [0.25, 0.3) is 0 Å². The lowest BCUT2D eigenvalue weighted by molar-refractivity contribution is -0.129. The first-order chi connectivity index (χ1) is 12.2. The van der Waals surface area contributed by atoms with Gasteiger partial charge in [-0.15, -0.1) is 0 Å².